The molecule has 4 heterocycles. The molecule has 0 aliphatic heterocycles. The van der Waals surface area contributed by atoms with Crippen molar-refractivity contribution in [2.75, 3.05) is 0 Å². The van der Waals surface area contributed by atoms with Crippen molar-refractivity contribution in [1.82, 2.24) is 24.1 Å². The highest BCUT2D eigenvalue weighted by Crippen LogP contribution is 2.33. The smallest absolute Gasteiger partial charge is 0.291 e. The van der Waals surface area contributed by atoms with Gasteiger partial charge in [-0.3, -0.25) is 9.08 Å². The summed E-state index contributed by atoms with van der Waals surface area (Å²) < 4.78 is 67.4. The maximum absolute atomic E-state index is 13.1. The van der Waals surface area contributed by atoms with Crippen LogP contribution in [0.5, 0.6) is 0 Å². The molecule has 0 unspecified atom stereocenters. The molecule has 0 bridgehead atoms. The Hall–Kier alpha value is -3.81. The van der Waals surface area contributed by atoms with Gasteiger partial charge in [-0.2, -0.15) is 23.5 Å². The summed E-state index contributed by atoms with van der Waals surface area (Å²) in [7, 11) is 0. The van der Waals surface area contributed by atoms with Gasteiger partial charge in [-0.05, 0) is 24.3 Å². The third-order valence-corrected chi connectivity index (χ3v) is 4.30. The molecule has 0 saturated heterocycles. The monoisotopic (exact) mass is 418 g/mol. The Kier molecular flexibility index (Phi) is 4.69. The van der Waals surface area contributed by atoms with Crippen molar-refractivity contribution >= 4 is 5.65 Å². The lowest BCUT2D eigenvalue weighted by atomic mass is 10.1. The van der Waals surface area contributed by atoms with E-state index in [0.29, 0.717) is 16.8 Å². The molecule has 0 aliphatic rings. The highest BCUT2D eigenvalue weighted by molar-refractivity contribution is 5.79. The number of rotatable bonds is 4. The number of nitrogens with zero attached hydrogens (tertiary/aromatic N) is 6. The number of alkyl halides is 5. The van der Waals surface area contributed by atoms with E-state index in [1.807, 2.05) is 6.07 Å². The average molecular weight is 418 g/mol. The minimum Gasteiger partial charge on any atom is -0.291 e. The molecule has 0 aliphatic carbocycles. The van der Waals surface area contributed by atoms with Crippen LogP contribution in [0.1, 0.15) is 11.4 Å². The Bertz CT molecular complexity index is 1260. The minimum absolute atomic E-state index is 0.0136. The molecule has 0 radical (unpaired) electrons. The summed E-state index contributed by atoms with van der Waals surface area (Å²) in [4.78, 5) is 7.69. The van der Waals surface area contributed by atoms with Crippen LogP contribution in [0.25, 0.3) is 28.2 Å². The third kappa shape index (κ3) is 3.59. The van der Waals surface area contributed by atoms with Crippen LogP contribution in [0.2, 0.25) is 0 Å². The largest absolute Gasteiger partial charge is 0.433 e. The number of halogens is 5. The summed E-state index contributed by atoms with van der Waals surface area (Å²) in [5.41, 5.74) is 0.248. The van der Waals surface area contributed by atoms with Gasteiger partial charge in [0.1, 0.15) is 35.3 Å². The molecule has 4 aromatic heterocycles. The summed E-state index contributed by atoms with van der Waals surface area (Å²) >= 11 is 0. The summed E-state index contributed by atoms with van der Waals surface area (Å²) in [5.74, 6) is 0. The van der Waals surface area contributed by atoms with Crippen molar-refractivity contribution in [3.05, 3.63) is 60.3 Å². The van der Waals surface area contributed by atoms with Gasteiger partial charge in [0.25, 0.3) is 6.43 Å². The number of pyridine rings is 2. The lowest BCUT2D eigenvalue weighted by Crippen LogP contribution is -2.09. The van der Waals surface area contributed by atoms with Crippen LogP contribution >= 0.6 is 0 Å². The zero-order valence-electron chi connectivity index (χ0n) is 15.0. The maximum Gasteiger partial charge on any atom is 0.433 e. The minimum atomic E-state index is -4.67. The lowest BCUT2D eigenvalue weighted by molar-refractivity contribution is -0.141. The second-order valence-electron chi connectivity index (χ2n) is 6.31. The van der Waals surface area contributed by atoms with Gasteiger partial charge in [0, 0.05) is 23.5 Å². The normalized spacial score (nSPS) is 11.9. The van der Waals surface area contributed by atoms with Crippen molar-refractivity contribution in [2.24, 2.45) is 0 Å². The molecule has 152 valence electrons. The van der Waals surface area contributed by atoms with E-state index in [4.69, 9.17) is 0 Å². The fourth-order valence-corrected chi connectivity index (χ4v) is 3.00. The molecule has 0 aromatic carbocycles. The van der Waals surface area contributed by atoms with Crippen LogP contribution in [-0.4, -0.2) is 30.6 Å². The van der Waals surface area contributed by atoms with Gasteiger partial charge in [0.05, 0.1) is 11.9 Å². The molecule has 0 N–H and O–H groups in total. The van der Waals surface area contributed by atoms with E-state index in [2.05, 4.69) is 15.1 Å². The Morgan fingerprint density at radius 1 is 1.10 bits per heavy atom. The lowest BCUT2D eigenvalue weighted by Gasteiger charge is -2.08. The zero-order valence-corrected chi connectivity index (χ0v) is 15.0. The molecule has 0 fully saturated rings. The first-order chi connectivity index (χ1) is 14.3. The van der Waals surface area contributed by atoms with E-state index in [0.717, 1.165) is 10.7 Å². The van der Waals surface area contributed by atoms with Crippen molar-refractivity contribution in [3.63, 3.8) is 0 Å². The highest BCUT2D eigenvalue weighted by atomic mass is 19.4. The Morgan fingerprint density at radius 3 is 2.60 bits per heavy atom. The molecule has 6 nitrogen and oxygen atoms in total. The second-order valence-corrected chi connectivity index (χ2v) is 6.31. The Balaban J connectivity index is 1.90. The van der Waals surface area contributed by atoms with Crippen LogP contribution in [0, 0.1) is 11.3 Å². The van der Waals surface area contributed by atoms with Crippen LogP contribution in [0.15, 0.2) is 48.9 Å². The maximum atomic E-state index is 13.1. The quantitative estimate of drug-likeness (QED) is 0.460. The molecule has 0 spiro atoms. The first-order valence-electron chi connectivity index (χ1n) is 8.54. The summed E-state index contributed by atoms with van der Waals surface area (Å²) in [6.45, 7) is -0.733. The SMILES string of the molecule is N#Cc1cnc2ccc(-c3cn(CC(F)F)nc3-c3cccc(C(F)(F)F)n3)cn12. The van der Waals surface area contributed by atoms with Crippen molar-refractivity contribution < 1.29 is 22.0 Å². The summed E-state index contributed by atoms with van der Waals surface area (Å²) in [6, 6.07) is 8.50. The van der Waals surface area contributed by atoms with Crippen molar-refractivity contribution in [1.29, 1.82) is 5.26 Å². The van der Waals surface area contributed by atoms with E-state index in [-0.39, 0.29) is 17.1 Å². The van der Waals surface area contributed by atoms with Gasteiger partial charge < -0.3 is 0 Å². The van der Waals surface area contributed by atoms with Crippen LogP contribution in [-0.2, 0) is 12.7 Å². The van der Waals surface area contributed by atoms with Gasteiger partial charge in [0.15, 0.2) is 0 Å². The van der Waals surface area contributed by atoms with Crippen LogP contribution < -0.4 is 0 Å². The molecule has 4 rings (SSSR count). The molecule has 4 aromatic rings. The van der Waals surface area contributed by atoms with Crippen LogP contribution in [0.3, 0.4) is 0 Å². The van der Waals surface area contributed by atoms with Gasteiger partial charge in [0.2, 0.25) is 0 Å². The van der Waals surface area contributed by atoms with E-state index >= 15 is 0 Å². The predicted molar refractivity (Wildman–Crippen MR) is 95.4 cm³/mol. The molecular formula is C19H11F5N6. The topological polar surface area (TPSA) is 71.8 Å². The number of hydrogen-bond donors (Lipinski definition) is 0. The second kappa shape index (κ2) is 7.22. The number of hydrogen-bond acceptors (Lipinski definition) is 4. The van der Waals surface area contributed by atoms with E-state index in [9.17, 15) is 27.2 Å². The molecule has 0 atom stereocenters. The van der Waals surface area contributed by atoms with Crippen LogP contribution in [0.4, 0.5) is 22.0 Å². The Morgan fingerprint density at radius 2 is 1.90 bits per heavy atom. The average Bonchev–Trinajstić information content (AvgIpc) is 3.30. The number of imidazole rings is 1. The van der Waals surface area contributed by atoms with Crippen molar-refractivity contribution in [3.8, 4) is 28.6 Å². The molecule has 30 heavy (non-hydrogen) atoms. The molecule has 0 saturated carbocycles. The summed E-state index contributed by atoms with van der Waals surface area (Å²) in [6.07, 6.45) is -3.15. The first-order valence-corrected chi connectivity index (χ1v) is 8.54. The number of aromatic nitrogens is 5. The highest BCUT2D eigenvalue weighted by Gasteiger charge is 2.33. The standard InChI is InChI=1S/C19H11F5N6/c20-16(21)10-29-9-13(11-4-5-17-26-7-12(6-25)30(17)8-11)18(28-29)14-2-1-3-15(27-14)19(22,23)24/h1-5,7-9,16H,10H2. The molecule has 11 heteroatoms. The molecular weight excluding hydrogens is 407 g/mol. The van der Waals surface area contributed by atoms with E-state index < -0.39 is 24.8 Å². The third-order valence-electron chi connectivity index (χ3n) is 4.30. The van der Waals surface area contributed by atoms with Gasteiger partial charge in [-0.1, -0.05) is 6.07 Å². The van der Waals surface area contributed by atoms with Gasteiger partial charge >= 0.3 is 6.18 Å². The van der Waals surface area contributed by atoms with Crippen molar-refractivity contribution in [2.45, 2.75) is 19.1 Å². The molecule has 0 amide bonds. The van der Waals surface area contributed by atoms with E-state index in [1.54, 1.807) is 18.3 Å². The predicted octanol–water partition coefficient (Wildman–Crippen LogP) is 4.42. The summed E-state index contributed by atoms with van der Waals surface area (Å²) in [5, 5.41) is 13.2. The first kappa shape index (κ1) is 19.5. The van der Waals surface area contributed by atoms with Gasteiger partial charge in [-0.25, -0.2) is 18.7 Å². The number of fused-ring (bicyclic) bond motifs is 1. The Labute approximate surface area is 165 Å². The fraction of sp³-hybridized carbons (Fsp3) is 0.158. The van der Waals surface area contributed by atoms with Gasteiger partial charge in [-0.15, -0.1) is 0 Å². The van der Waals surface area contributed by atoms with E-state index in [1.165, 1.54) is 28.9 Å². The number of nitriles is 1. The zero-order chi connectivity index (χ0) is 21.5. The fourth-order valence-electron chi connectivity index (χ4n) is 3.00.